The molecule has 56 valence electrons. The molecule has 1 aromatic heterocycles. The van der Waals surface area contributed by atoms with Crippen LogP contribution in [0.15, 0.2) is 6.20 Å². The van der Waals surface area contributed by atoms with E-state index in [2.05, 4.69) is 27.9 Å². The molecular weight excluding hydrogens is 146 g/mol. The fourth-order valence-electron chi connectivity index (χ4n) is 0.571. The minimum absolute atomic E-state index is 0.515. The molecule has 0 saturated carbocycles. The first-order valence-electron chi connectivity index (χ1n) is 3.29. The summed E-state index contributed by atoms with van der Waals surface area (Å²) in [6.45, 7) is 5.05. The molecule has 0 saturated heterocycles. The van der Waals surface area contributed by atoms with Crippen LogP contribution in [0, 0.1) is 0 Å². The summed E-state index contributed by atoms with van der Waals surface area (Å²) in [7, 11) is 0. The fourth-order valence-corrected chi connectivity index (χ4v) is 1.00. The molecule has 0 radical (unpaired) electrons. The van der Waals surface area contributed by atoms with Crippen LogP contribution in [-0.2, 0) is 6.54 Å². The van der Waals surface area contributed by atoms with Gasteiger partial charge in [0.15, 0.2) is 0 Å². The van der Waals surface area contributed by atoms with Gasteiger partial charge in [0, 0.05) is 12.6 Å². The number of nitrogens with zero attached hydrogens (tertiary/aromatic N) is 2. The smallest absolute Gasteiger partial charge is 0.0880 e. The lowest BCUT2D eigenvalue weighted by atomic mass is 10.4. The first-order valence-corrected chi connectivity index (χ1v) is 4.02. The van der Waals surface area contributed by atoms with Crippen molar-refractivity contribution in [3.63, 3.8) is 0 Å². The molecule has 0 spiro atoms. The Morgan fingerprint density at radius 2 is 2.50 bits per heavy atom. The van der Waals surface area contributed by atoms with Crippen molar-refractivity contribution in [2.45, 2.75) is 26.4 Å². The normalized spacial score (nSPS) is 10.7. The van der Waals surface area contributed by atoms with Gasteiger partial charge in [-0.2, -0.15) is 8.75 Å². The van der Waals surface area contributed by atoms with Gasteiger partial charge in [0.1, 0.15) is 0 Å². The molecular formula is C6H11N3S. The van der Waals surface area contributed by atoms with E-state index >= 15 is 0 Å². The predicted octanol–water partition coefficient (Wildman–Crippen LogP) is 1.04. The standard InChI is InChI=1S/C6H11N3S/c1-5(2)7-3-6-4-8-10-9-6/h4-5,7H,3H2,1-2H3. The molecule has 3 nitrogen and oxygen atoms in total. The van der Waals surface area contributed by atoms with Crippen LogP contribution in [0.25, 0.3) is 0 Å². The molecule has 0 atom stereocenters. The second-order valence-corrected chi connectivity index (χ2v) is 2.99. The molecule has 0 unspecified atom stereocenters. The van der Waals surface area contributed by atoms with Gasteiger partial charge in [0.25, 0.3) is 0 Å². The van der Waals surface area contributed by atoms with Crippen LogP contribution < -0.4 is 5.32 Å². The predicted molar refractivity (Wildman–Crippen MR) is 41.9 cm³/mol. The summed E-state index contributed by atoms with van der Waals surface area (Å²) in [6.07, 6.45) is 1.79. The number of aromatic nitrogens is 2. The van der Waals surface area contributed by atoms with E-state index in [1.54, 1.807) is 6.20 Å². The van der Waals surface area contributed by atoms with E-state index in [0.29, 0.717) is 6.04 Å². The molecule has 0 aliphatic heterocycles. The van der Waals surface area contributed by atoms with Crippen molar-refractivity contribution in [1.82, 2.24) is 14.1 Å². The Hall–Kier alpha value is -0.480. The van der Waals surface area contributed by atoms with Crippen LogP contribution in [0.3, 0.4) is 0 Å². The maximum Gasteiger partial charge on any atom is 0.0880 e. The Bertz CT molecular complexity index is 171. The van der Waals surface area contributed by atoms with E-state index in [4.69, 9.17) is 0 Å². The van der Waals surface area contributed by atoms with Gasteiger partial charge in [0.2, 0.25) is 0 Å². The van der Waals surface area contributed by atoms with E-state index in [1.807, 2.05) is 0 Å². The van der Waals surface area contributed by atoms with Crippen molar-refractivity contribution in [3.05, 3.63) is 11.9 Å². The number of hydrogen-bond donors (Lipinski definition) is 1. The second-order valence-electron chi connectivity index (χ2n) is 2.43. The number of rotatable bonds is 3. The third-order valence-corrected chi connectivity index (χ3v) is 1.61. The molecule has 1 N–H and O–H groups in total. The van der Waals surface area contributed by atoms with Crippen molar-refractivity contribution in [1.29, 1.82) is 0 Å². The summed E-state index contributed by atoms with van der Waals surface area (Å²) in [5.74, 6) is 0. The molecule has 0 aromatic carbocycles. The molecule has 1 rings (SSSR count). The van der Waals surface area contributed by atoms with Crippen molar-refractivity contribution < 1.29 is 0 Å². The van der Waals surface area contributed by atoms with Gasteiger partial charge in [-0.1, -0.05) is 13.8 Å². The third-order valence-electron chi connectivity index (χ3n) is 1.10. The molecule has 0 amide bonds. The molecule has 4 heteroatoms. The number of nitrogens with one attached hydrogen (secondary N) is 1. The maximum absolute atomic E-state index is 4.06. The van der Waals surface area contributed by atoms with Crippen molar-refractivity contribution in [3.8, 4) is 0 Å². The zero-order chi connectivity index (χ0) is 7.40. The maximum atomic E-state index is 4.06. The van der Waals surface area contributed by atoms with Crippen LogP contribution >= 0.6 is 11.7 Å². The monoisotopic (exact) mass is 157 g/mol. The second kappa shape index (κ2) is 3.63. The van der Waals surface area contributed by atoms with Gasteiger partial charge in [-0.05, 0) is 0 Å². The summed E-state index contributed by atoms with van der Waals surface area (Å²) in [6, 6.07) is 0.515. The van der Waals surface area contributed by atoms with Crippen LogP contribution in [0.4, 0.5) is 0 Å². The minimum Gasteiger partial charge on any atom is -0.309 e. The van der Waals surface area contributed by atoms with Crippen LogP contribution in [0.2, 0.25) is 0 Å². The highest BCUT2D eigenvalue weighted by Crippen LogP contribution is 1.94. The van der Waals surface area contributed by atoms with Crippen LogP contribution in [0.1, 0.15) is 19.5 Å². The molecule has 1 aromatic rings. The lowest BCUT2D eigenvalue weighted by Crippen LogP contribution is -2.21. The SMILES string of the molecule is CC(C)NCc1cnsn1. The van der Waals surface area contributed by atoms with E-state index in [0.717, 1.165) is 12.2 Å². The van der Waals surface area contributed by atoms with Gasteiger partial charge < -0.3 is 5.32 Å². The molecule has 0 aliphatic rings. The van der Waals surface area contributed by atoms with Gasteiger partial charge >= 0.3 is 0 Å². The molecule has 0 aliphatic carbocycles. The Balaban J connectivity index is 2.28. The zero-order valence-corrected chi connectivity index (χ0v) is 6.98. The zero-order valence-electron chi connectivity index (χ0n) is 6.16. The Labute approximate surface area is 64.8 Å². The summed E-state index contributed by atoms with van der Waals surface area (Å²) >= 11 is 1.25. The first kappa shape index (κ1) is 7.63. The molecule has 10 heavy (non-hydrogen) atoms. The largest absolute Gasteiger partial charge is 0.309 e. The van der Waals surface area contributed by atoms with Crippen molar-refractivity contribution in [2.75, 3.05) is 0 Å². The topological polar surface area (TPSA) is 37.8 Å². The summed E-state index contributed by atoms with van der Waals surface area (Å²) in [5, 5.41) is 3.25. The summed E-state index contributed by atoms with van der Waals surface area (Å²) in [5.41, 5.74) is 1.03. The lowest BCUT2D eigenvalue weighted by Gasteiger charge is -2.03. The highest BCUT2D eigenvalue weighted by atomic mass is 32.1. The fraction of sp³-hybridized carbons (Fsp3) is 0.667. The molecule has 1 heterocycles. The van der Waals surface area contributed by atoms with E-state index in [9.17, 15) is 0 Å². The quantitative estimate of drug-likeness (QED) is 0.712. The van der Waals surface area contributed by atoms with Gasteiger partial charge in [-0.15, -0.1) is 0 Å². The first-order chi connectivity index (χ1) is 4.79. The Kier molecular flexibility index (Phi) is 2.77. The van der Waals surface area contributed by atoms with E-state index in [-0.39, 0.29) is 0 Å². The highest BCUT2D eigenvalue weighted by Gasteiger charge is 1.95. The van der Waals surface area contributed by atoms with Gasteiger partial charge in [0.05, 0.1) is 23.6 Å². The van der Waals surface area contributed by atoms with Crippen LogP contribution in [0.5, 0.6) is 0 Å². The molecule has 0 fully saturated rings. The van der Waals surface area contributed by atoms with Gasteiger partial charge in [-0.25, -0.2) is 0 Å². The lowest BCUT2D eigenvalue weighted by molar-refractivity contribution is 0.583. The third kappa shape index (κ3) is 2.41. The average molecular weight is 157 g/mol. The summed E-state index contributed by atoms with van der Waals surface area (Å²) in [4.78, 5) is 0. The molecule has 0 bridgehead atoms. The number of hydrogen-bond acceptors (Lipinski definition) is 4. The van der Waals surface area contributed by atoms with Crippen molar-refractivity contribution in [2.24, 2.45) is 0 Å². The van der Waals surface area contributed by atoms with Gasteiger partial charge in [-0.3, -0.25) is 0 Å². The van der Waals surface area contributed by atoms with E-state index in [1.165, 1.54) is 11.7 Å². The highest BCUT2D eigenvalue weighted by molar-refractivity contribution is 6.99. The Morgan fingerprint density at radius 1 is 1.70 bits per heavy atom. The summed E-state index contributed by atoms with van der Waals surface area (Å²) < 4.78 is 7.95. The Morgan fingerprint density at radius 3 is 3.00 bits per heavy atom. The van der Waals surface area contributed by atoms with Crippen LogP contribution in [-0.4, -0.2) is 14.8 Å². The van der Waals surface area contributed by atoms with E-state index < -0.39 is 0 Å². The average Bonchev–Trinajstić information content (AvgIpc) is 2.34. The minimum atomic E-state index is 0.515. The van der Waals surface area contributed by atoms with Crippen molar-refractivity contribution >= 4 is 11.7 Å².